The highest BCUT2D eigenvalue weighted by Gasteiger charge is 2.15. The van der Waals surface area contributed by atoms with Crippen molar-refractivity contribution >= 4 is 6.03 Å². The summed E-state index contributed by atoms with van der Waals surface area (Å²) in [7, 11) is 0. The molecule has 2 fully saturated rings. The third-order valence-corrected chi connectivity index (χ3v) is 3.67. The molecule has 104 valence electrons. The van der Waals surface area contributed by atoms with Gasteiger partial charge in [-0.1, -0.05) is 0 Å². The van der Waals surface area contributed by atoms with Crippen molar-refractivity contribution in [2.24, 2.45) is 0 Å². The molecule has 0 spiro atoms. The van der Waals surface area contributed by atoms with Crippen molar-refractivity contribution in [2.75, 3.05) is 52.5 Å². The van der Waals surface area contributed by atoms with Gasteiger partial charge in [-0.15, -0.1) is 0 Å². The molecule has 0 radical (unpaired) electrons. The minimum absolute atomic E-state index is 0.0690. The van der Waals surface area contributed by atoms with Crippen molar-refractivity contribution in [3.8, 4) is 0 Å². The smallest absolute Gasteiger partial charge is 0.317 e. The van der Waals surface area contributed by atoms with Gasteiger partial charge in [0.15, 0.2) is 0 Å². The number of likely N-dealkylation sites (tertiary alicyclic amines) is 1. The van der Waals surface area contributed by atoms with E-state index in [-0.39, 0.29) is 6.03 Å². The molecule has 2 aliphatic rings. The lowest BCUT2D eigenvalue weighted by atomic mass is 10.3. The summed E-state index contributed by atoms with van der Waals surface area (Å²) < 4.78 is 5.22. The molecule has 2 aliphatic heterocycles. The lowest BCUT2D eigenvalue weighted by molar-refractivity contribution is 0.0532. The molecule has 2 rings (SSSR count). The SMILES string of the molecule is O=C(NCCCCN1CCCC1)N1CCOCC1. The van der Waals surface area contributed by atoms with Crippen LogP contribution in [0.4, 0.5) is 4.79 Å². The number of amides is 2. The van der Waals surface area contributed by atoms with Gasteiger partial charge in [0, 0.05) is 19.6 Å². The Hall–Kier alpha value is -0.810. The molecule has 0 aromatic heterocycles. The van der Waals surface area contributed by atoms with Crippen LogP contribution in [0.15, 0.2) is 0 Å². The number of rotatable bonds is 5. The van der Waals surface area contributed by atoms with Gasteiger partial charge in [0.1, 0.15) is 0 Å². The zero-order valence-electron chi connectivity index (χ0n) is 11.2. The summed E-state index contributed by atoms with van der Waals surface area (Å²) in [6, 6.07) is 0.0690. The van der Waals surface area contributed by atoms with Gasteiger partial charge >= 0.3 is 6.03 Å². The molecule has 2 heterocycles. The maximum Gasteiger partial charge on any atom is 0.317 e. The summed E-state index contributed by atoms with van der Waals surface area (Å²) in [5.74, 6) is 0. The second-order valence-electron chi connectivity index (χ2n) is 5.09. The van der Waals surface area contributed by atoms with E-state index < -0.39 is 0 Å². The molecule has 0 saturated carbocycles. The standard InChI is InChI=1S/C13H25N3O2/c17-13(16-9-11-18-12-10-16)14-5-1-2-6-15-7-3-4-8-15/h1-12H2,(H,14,17). The van der Waals surface area contributed by atoms with Crippen molar-refractivity contribution in [1.29, 1.82) is 0 Å². The molecule has 2 saturated heterocycles. The molecule has 18 heavy (non-hydrogen) atoms. The van der Waals surface area contributed by atoms with Crippen LogP contribution in [-0.2, 0) is 4.74 Å². The van der Waals surface area contributed by atoms with Crippen LogP contribution in [-0.4, -0.2) is 68.3 Å². The quantitative estimate of drug-likeness (QED) is 0.743. The zero-order valence-corrected chi connectivity index (χ0v) is 11.2. The Balaban J connectivity index is 1.48. The first kappa shape index (κ1) is 13.6. The highest BCUT2D eigenvalue weighted by Crippen LogP contribution is 2.07. The highest BCUT2D eigenvalue weighted by atomic mass is 16.5. The number of carbonyl (C=O) groups is 1. The van der Waals surface area contributed by atoms with Gasteiger partial charge in [-0.3, -0.25) is 0 Å². The average molecular weight is 255 g/mol. The van der Waals surface area contributed by atoms with E-state index in [2.05, 4.69) is 10.2 Å². The molecule has 0 aliphatic carbocycles. The Morgan fingerprint density at radius 1 is 1.06 bits per heavy atom. The molecular weight excluding hydrogens is 230 g/mol. The monoisotopic (exact) mass is 255 g/mol. The van der Waals surface area contributed by atoms with E-state index in [1.165, 1.54) is 38.9 Å². The molecule has 5 nitrogen and oxygen atoms in total. The minimum Gasteiger partial charge on any atom is -0.378 e. The largest absolute Gasteiger partial charge is 0.378 e. The van der Waals surface area contributed by atoms with Crippen molar-refractivity contribution in [1.82, 2.24) is 15.1 Å². The lowest BCUT2D eigenvalue weighted by Crippen LogP contribution is -2.46. The Labute approximate surface area is 109 Å². The highest BCUT2D eigenvalue weighted by molar-refractivity contribution is 5.74. The fourth-order valence-corrected chi connectivity index (χ4v) is 2.54. The van der Waals surface area contributed by atoms with Crippen molar-refractivity contribution in [2.45, 2.75) is 25.7 Å². The van der Waals surface area contributed by atoms with E-state index in [0.717, 1.165) is 26.1 Å². The number of hydrogen-bond donors (Lipinski definition) is 1. The van der Waals surface area contributed by atoms with Gasteiger partial charge in [-0.25, -0.2) is 4.79 Å². The van der Waals surface area contributed by atoms with Gasteiger partial charge in [-0.05, 0) is 45.3 Å². The van der Waals surface area contributed by atoms with Crippen LogP contribution in [0.1, 0.15) is 25.7 Å². The topological polar surface area (TPSA) is 44.8 Å². The third kappa shape index (κ3) is 4.46. The van der Waals surface area contributed by atoms with Crippen LogP contribution < -0.4 is 5.32 Å². The fourth-order valence-electron chi connectivity index (χ4n) is 2.54. The summed E-state index contributed by atoms with van der Waals surface area (Å²) >= 11 is 0. The van der Waals surface area contributed by atoms with Crippen molar-refractivity contribution in [3.63, 3.8) is 0 Å². The van der Waals surface area contributed by atoms with Crippen LogP contribution in [0, 0.1) is 0 Å². The predicted octanol–water partition coefficient (Wildman–Crippen LogP) is 0.904. The molecule has 0 aromatic carbocycles. The number of nitrogens with zero attached hydrogens (tertiary/aromatic N) is 2. The summed E-state index contributed by atoms with van der Waals surface area (Å²) in [4.78, 5) is 16.1. The Bertz CT molecular complexity index is 249. The van der Waals surface area contributed by atoms with Crippen LogP contribution >= 0.6 is 0 Å². The molecular formula is C13H25N3O2. The normalized spacial score (nSPS) is 21.2. The van der Waals surface area contributed by atoms with E-state index >= 15 is 0 Å². The number of unbranched alkanes of at least 4 members (excludes halogenated alkanes) is 1. The second kappa shape index (κ2) is 7.59. The van der Waals surface area contributed by atoms with E-state index in [0.29, 0.717) is 13.2 Å². The van der Waals surface area contributed by atoms with Crippen molar-refractivity contribution in [3.05, 3.63) is 0 Å². The van der Waals surface area contributed by atoms with E-state index in [1.54, 1.807) is 0 Å². The number of ether oxygens (including phenoxy) is 1. The van der Waals surface area contributed by atoms with Gasteiger partial charge < -0.3 is 19.9 Å². The first-order valence-electron chi connectivity index (χ1n) is 7.19. The second-order valence-corrected chi connectivity index (χ2v) is 5.09. The minimum atomic E-state index is 0.0690. The van der Waals surface area contributed by atoms with Crippen LogP contribution in [0.25, 0.3) is 0 Å². The fraction of sp³-hybridized carbons (Fsp3) is 0.923. The summed E-state index contributed by atoms with van der Waals surface area (Å²) in [6.45, 7) is 7.29. The molecule has 0 atom stereocenters. The molecule has 1 N–H and O–H groups in total. The summed E-state index contributed by atoms with van der Waals surface area (Å²) in [5, 5.41) is 2.99. The van der Waals surface area contributed by atoms with Crippen molar-refractivity contribution < 1.29 is 9.53 Å². The molecule has 5 heteroatoms. The summed E-state index contributed by atoms with van der Waals surface area (Å²) in [5.41, 5.74) is 0. The van der Waals surface area contributed by atoms with Gasteiger partial charge in [0.05, 0.1) is 13.2 Å². The molecule has 0 unspecified atom stereocenters. The first-order valence-corrected chi connectivity index (χ1v) is 7.19. The average Bonchev–Trinajstić information content (AvgIpc) is 2.92. The van der Waals surface area contributed by atoms with Gasteiger partial charge in [0.25, 0.3) is 0 Å². The van der Waals surface area contributed by atoms with Crippen LogP contribution in [0.3, 0.4) is 0 Å². The van der Waals surface area contributed by atoms with E-state index in [9.17, 15) is 4.79 Å². The number of carbonyl (C=O) groups excluding carboxylic acids is 1. The number of hydrogen-bond acceptors (Lipinski definition) is 3. The Morgan fingerprint density at radius 3 is 2.50 bits per heavy atom. The van der Waals surface area contributed by atoms with Crippen LogP contribution in [0.5, 0.6) is 0 Å². The molecule has 0 aromatic rings. The Kier molecular flexibility index (Phi) is 5.74. The maximum absolute atomic E-state index is 11.8. The van der Waals surface area contributed by atoms with Gasteiger partial charge in [0.2, 0.25) is 0 Å². The Morgan fingerprint density at radius 2 is 1.78 bits per heavy atom. The summed E-state index contributed by atoms with van der Waals surface area (Å²) in [6.07, 6.45) is 4.97. The van der Waals surface area contributed by atoms with E-state index in [1.807, 2.05) is 4.90 Å². The number of urea groups is 1. The first-order chi connectivity index (χ1) is 8.86. The number of morpholine rings is 1. The number of nitrogens with one attached hydrogen (secondary N) is 1. The van der Waals surface area contributed by atoms with Gasteiger partial charge in [-0.2, -0.15) is 0 Å². The lowest BCUT2D eigenvalue weighted by Gasteiger charge is -2.27. The zero-order chi connectivity index (χ0) is 12.6. The predicted molar refractivity (Wildman–Crippen MR) is 70.7 cm³/mol. The molecule has 2 amide bonds. The third-order valence-electron chi connectivity index (χ3n) is 3.67. The van der Waals surface area contributed by atoms with Crippen LogP contribution in [0.2, 0.25) is 0 Å². The van der Waals surface area contributed by atoms with E-state index in [4.69, 9.17) is 4.74 Å². The maximum atomic E-state index is 11.8. The molecule has 0 bridgehead atoms.